The average Bonchev–Trinajstić information content (AvgIpc) is 2.76. The second-order valence-corrected chi connectivity index (χ2v) is 5.12. The number of fused-ring (bicyclic) bond motifs is 1. The fourth-order valence-electron chi connectivity index (χ4n) is 2.70. The van der Waals surface area contributed by atoms with Crippen molar-refractivity contribution >= 4 is 0 Å². The predicted octanol–water partition coefficient (Wildman–Crippen LogP) is 1.16. The molecule has 0 spiro atoms. The molecule has 1 saturated heterocycles. The van der Waals surface area contributed by atoms with Crippen LogP contribution in [0.1, 0.15) is 30.0 Å². The number of hydrogen-bond acceptors (Lipinski definition) is 4. The number of rotatable bonds is 2. The Morgan fingerprint density at radius 3 is 3.00 bits per heavy atom. The number of hydrogen-bond donors (Lipinski definition) is 2. The first-order chi connectivity index (χ1) is 8.74. The molecular weight excluding hydrogens is 230 g/mol. The van der Waals surface area contributed by atoms with E-state index in [1.165, 1.54) is 11.1 Å². The van der Waals surface area contributed by atoms with Crippen molar-refractivity contribution in [2.24, 2.45) is 5.73 Å². The lowest BCUT2D eigenvalue weighted by Crippen LogP contribution is -2.29. The van der Waals surface area contributed by atoms with Crippen molar-refractivity contribution in [1.29, 1.82) is 0 Å². The molecule has 1 heterocycles. The maximum atomic E-state index is 9.67. The topological polar surface area (TPSA) is 64.7 Å². The van der Waals surface area contributed by atoms with E-state index >= 15 is 0 Å². The fraction of sp³-hybridized carbons (Fsp3) is 0.571. The zero-order valence-corrected chi connectivity index (χ0v) is 10.3. The molecule has 1 aromatic rings. The summed E-state index contributed by atoms with van der Waals surface area (Å²) in [6.45, 7) is 0.805. The van der Waals surface area contributed by atoms with Gasteiger partial charge in [0.05, 0.1) is 13.2 Å². The van der Waals surface area contributed by atoms with Crippen LogP contribution in [0.4, 0.5) is 0 Å². The molecule has 98 valence electrons. The Balaban J connectivity index is 1.79. The number of aliphatic hydroxyl groups excluding tert-OH is 1. The maximum absolute atomic E-state index is 9.67. The normalized spacial score (nSPS) is 31.1. The van der Waals surface area contributed by atoms with E-state index in [1.807, 2.05) is 12.1 Å². The van der Waals surface area contributed by atoms with Crippen LogP contribution in [-0.4, -0.2) is 30.5 Å². The third-order valence-corrected chi connectivity index (χ3v) is 3.77. The molecular formula is C14H19NO3. The molecule has 1 aliphatic carbocycles. The van der Waals surface area contributed by atoms with Gasteiger partial charge >= 0.3 is 0 Å². The van der Waals surface area contributed by atoms with Gasteiger partial charge < -0.3 is 20.3 Å². The van der Waals surface area contributed by atoms with Gasteiger partial charge in [0, 0.05) is 6.04 Å². The molecule has 0 amide bonds. The van der Waals surface area contributed by atoms with E-state index in [4.69, 9.17) is 15.2 Å². The first kappa shape index (κ1) is 12.0. The van der Waals surface area contributed by atoms with Crippen molar-refractivity contribution < 1.29 is 14.6 Å². The van der Waals surface area contributed by atoms with Crippen molar-refractivity contribution in [2.75, 3.05) is 13.2 Å². The third kappa shape index (κ3) is 2.23. The van der Waals surface area contributed by atoms with Gasteiger partial charge in [-0.25, -0.2) is 0 Å². The van der Waals surface area contributed by atoms with Gasteiger partial charge in [-0.2, -0.15) is 0 Å². The molecule has 4 heteroatoms. The van der Waals surface area contributed by atoms with Gasteiger partial charge in [-0.15, -0.1) is 0 Å². The van der Waals surface area contributed by atoms with E-state index in [2.05, 4.69) is 6.07 Å². The second-order valence-electron chi connectivity index (χ2n) is 5.12. The minimum Gasteiger partial charge on any atom is -0.485 e. The van der Waals surface area contributed by atoms with Crippen LogP contribution in [0, 0.1) is 0 Å². The summed E-state index contributed by atoms with van der Waals surface area (Å²) in [7, 11) is 0. The minimum absolute atomic E-state index is 0.113. The zero-order valence-electron chi connectivity index (χ0n) is 10.3. The van der Waals surface area contributed by atoms with Crippen molar-refractivity contribution in [3.8, 4) is 5.75 Å². The standard InChI is InChI=1S/C14H19NO3/c15-12-3-1-2-9-4-5-10(6-11(9)12)18-14-8-17-7-13(14)16/h4-6,12-14,16H,1-3,7-8,15H2. The van der Waals surface area contributed by atoms with Gasteiger partial charge in [0.1, 0.15) is 18.0 Å². The highest BCUT2D eigenvalue weighted by Crippen LogP contribution is 2.31. The highest BCUT2D eigenvalue weighted by Gasteiger charge is 2.28. The van der Waals surface area contributed by atoms with E-state index < -0.39 is 6.10 Å². The van der Waals surface area contributed by atoms with Crippen LogP contribution in [0.5, 0.6) is 5.75 Å². The molecule has 1 aromatic carbocycles. The average molecular weight is 249 g/mol. The summed E-state index contributed by atoms with van der Waals surface area (Å²) in [4.78, 5) is 0. The van der Waals surface area contributed by atoms with Crippen molar-refractivity contribution in [1.82, 2.24) is 0 Å². The van der Waals surface area contributed by atoms with Crippen LogP contribution < -0.4 is 10.5 Å². The lowest BCUT2D eigenvalue weighted by atomic mass is 9.88. The molecule has 1 aliphatic heterocycles. The number of aryl methyl sites for hydroxylation is 1. The number of nitrogens with two attached hydrogens (primary N) is 1. The molecule has 3 N–H and O–H groups in total. The molecule has 4 nitrogen and oxygen atoms in total. The maximum Gasteiger partial charge on any atom is 0.150 e. The number of benzene rings is 1. The summed E-state index contributed by atoms with van der Waals surface area (Å²) in [6, 6.07) is 6.18. The Kier molecular flexibility index (Phi) is 3.24. The second kappa shape index (κ2) is 4.88. The largest absolute Gasteiger partial charge is 0.485 e. The quantitative estimate of drug-likeness (QED) is 0.825. The molecule has 3 atom stereocenters. The molecule has 3 rings (SSSR count). The van der Waals surface area contributed by atoms with Gasteiger partial charge in [-0.3, -0.25) is 0 Å². The van der Waals surface area contributed by atoms with Crippen molar-refractivity contribution in [3.05, 3.63) is 29.3 Å². The number of aliphatic hydroxyl groups is 1. The highest BCUT2D eigenvalue weighted by molar-refractivity contribution is 5.39. The molecule has 0 aromatic heterocycles. The lowest BCUT2D eigenvalue weighted by Gasteiger charge is -2.24. The molecule has 0 saturated carbocycles. The van der Waals surface area contributed by atoms with E-state index in [1.54, 1.807) is 0 Å². The Hall–Kier alpha value is -1.10. The van der Waals surface area contributed by atoms with Crippen molar-refractivity contribution in [3.63, 3.8) is 0 Å². The summed E-state index contributed by atoms with van der Waals surface area (Å²) in [5, 5.41) is 9.67. The molecule has 0 bridgehead atoms. The Labute approximate surface area is 107 Å². The van der Waals surface area contributed by atoms with Gasteiger partial charge in [0.15, 0.2) is 0 Å². The van der Waals surface area contributed by atoms with Crippen LogP contribution in [0.15, 0.2) is 18.2 Å². The monoisotopic (exact) mass is 249 g/mol. The van der Waals surface area contributed by atoms with Gasteiger partial charge in [-0.05, 0) is 42.5 Å². The van der Waals surface area contributed by atoms with E-state index in [9.17, 15) is 5.11 Å². The zero-order chi connectivity index (χ0) is 12.5. The highest BCUT2D eigenvalue weighted by atomic mass is 16.6. The minimum atomic E-state index is -0.533. The predicted molar refractivity (Wildman–Crippen MR) is 67.6 cm³/mol. The molecule has 1 fully saturated rings. The van der Waals surface area contributed by atoms with Crippen LogP contribution in [0.3, 0.4) is 0 Å². The molecule has 2 aliphatic rings. The summed E-state index contributed by atoms with van der Waals surface area (Å²) >= 11 is 0. The van der Waals surface area contributed by atoms with Gasteiger partial charge in [0.2, 0.25) is 0 Å². The molecule has 18 heavy (non-hydrogen) atoms. The first-order valence-electron chi connectivity index (χ1n) is 6.55. The van der Waals surface area contributed by atoms with Crippen LogP contribution >= 0.6 is 0 Å². The summed E-state index contributed by atoms with van der Waals surface area (Å²) in [5.41, 5.74) is 8.63. The smallest absolute Gasteiger partial charge is 0.150 e. The van der Waals surface area contributed by atoms with E-state index in [0.29, 0.717) is 13.2 Å². The Morgan fingerprint density at radius 1 is 1.33 bits per heavy atom. The van der Waals surface area contributed by atoms with E-state index in [0.717, 1.165) is 25.0 Å². The van der Waals surface area contributed by atoms with E-state index in [-0.39, 0.29) is 12.1 Å². The third-order valence-electron chi connectivity index (χ3n) is 3.77. The number of ether oxygens (including phenoxy) is 2. The summed E-state index contributed by atoms with van der Waals surface area (Å²) < 4.78 is 10.9. The van der Waals surface area contributed by atoms with Gasteiger partial charge in [-0.1, -0.05) is 6.07 Å². The Morgan fingerprint density at radius 2 is 2.22 bits per heavy atom. The molecule has 0 radical (unpaired) electrons. The SMILES string of the molecule is NC1CCCc2ccc(OC3COCC3O)cc21. The van der Waals surface area contributed by atoms with Crippen LogP contribution in [-0.2, 0) is 11.2 Å². The summed E-state index contributed by atoms with van der Waals surface area (Å²) in [6.07, 6.45) is 2.49. The Bertz CT molecular complexity index is 435. The summed E-state index contributed by atoms with van der Waals surface area (Å²) in [5.74, 6) is 0.778. The van der Waals surface area contributed by atoms with Crippen LogP contribution in [0.25, 0.3) is 0 Å². The van der Waals surface area contributed by atoms with Crippen molar-refractivity contribution in [2.45, 2.75) is 37.5 Å². The lowest BCUT2D eigenvalue weighted by molar-refractivity contribution is 0.0732. The molecule has 3 unspecified atom stereocenters. The van der Waals surface area contributed by atoms with Crippen LogP contribution in [0.2, 0.25) is 0 Å². The fourth-order valence-corrected chi connectivity index (χ4v) is 2.70. The van der Waals surface area contributed by atoms with Gasteiger partial charge in [0.25, 0.3) is 0 Å². The first-order valence-corrected chi connectivity index (χ1v) is 6.55.